The molecule has 0 bridgehead atoms. The van der Waals surface area contributed by atoms with Gasteiger partial charge >= 0.3 is 0 Å². The Kier molecular flexibility index (Phi) is 3.71. The lowest BCUT2D eigenvalue weighted by molar-refractivity contribution is -0.108. The normalized spacial score (nSPS) is 17.4. The fourth-order valence-electron chi connectivity index (χ4n) is 1.96. The molecule has 0 aliphatic heterocycles. The molecule has 1 aromatic heterocycles. The Bertz CT molecular complexity index is 376. The SMILES string of the molecule is COCC1(c2nccc(C(OC)OC)n2)CC1. The molecule has 94 valence electrons. The summed E-state index contributed by atoms with van der Waals surface area (Å²) in [5, 5.41) is 0. The van der Waals surface area contributed by atoms with E-state index >= 15 is 0 Å². The zero-order valence-corrected chi connectivity index (χ0v) is 10.5. The van der Waals surface area contributed by atoms with Crippen molar-refractivity contribution in [1.29, 1.82) is 0 Å². The topological polar surface area (TPSA) is 53.5 Å². The van der Waals surface area contributed by atoms with E-state index < -0.39 is 6.29 Å². The van der Waals surface area contributed by atoms with Crippen molar-refractivity contribution in [2.45, 2.75) is 24.5 Å². The molecule has 0 amide bonds. The summed E-state index contributed by atoms with van der Waals surface area (Å²) >= 11 is 0. The second-order valence-electron chi connectivity index (χ2n) is 4.32. The molecule has 17 heavy (non-hydrogen) atoms. The molecule has 0 aromatic carbocycles. The van der Waals surface area contributed by atoms with Crippen molar-refractivity contribution >= 4 is 0 Å². The highest BCUT2D eigenvalue weighted by Crippen LogP contribution is 2.46. The van der Waals surface area contributed by atoms with E-state index in [4.69, 9.17) is 14.2 Å². The van der Waals surface area contributed by atoms with Crippen molar-refractivity contribution in [3.63, 3.8) is 0 Å². The van der Waals surface area contributed by atoms with Gasteiger partial charge in [0.2, 0.25) is 6.29 Å². The van der Waals surface area contributed by atoms with Gasteiger partial charge in [-0.05, 0) is 18.9 Å². The predicted molar refractivity (Wildman–Crippen MR) is 61.6 cm³/mol. The highest BCUT2D eigenvalue weighted by molar-refractivity contribution is 5.20. The fraction of sp³-hybridized carbons (Fsp3) is 0.667. The number of hydrogen-bond donors (Lipinski definition) is 0. The maximum atomic E-state index is 5.23. The van der Waals surface area contributed by atoms with Gasteiger partial charge in [-0.25, -0.2) is 9.97 Å². The first-order valence-corrected chi connectivity index (χ1v) is 5.64. The van der Waals surface area contributed by atoms with E-state index in [1.165, 1.54) is 0 Å². The average molecular weight is 238 g/mol. The molecule has 0 radical (unpaired) electrons. The summed E-state index contributed by atoms with van der Waals surface area (Å²) in [6.45, 7) is 0.668. The summed E-state index contributed by atoms with van der Waals surface area (Å²) in [5.74, 6) is 0.830. The van der Waals surface area contributed by atoms with Gasteiger partial charge in [0.25, 0.3) is 0 Å². The highest BCUT2D eigenvalue weighted by Gasteiger charge is 2.47. The Labute approximate surface area is 101 Å². The van der Waals surface area contributed by atoms with E-state index in [1.54, 1.807) is 27.5 Å². The molecule has 0 unspecified atom stereocenters. The van der Waals surface area contributed by atoms with Crippen LogP contribution in [0.3, 0.4) is 0 Å². The summed E-state index contributed by atoms with van der Waals surface area (Å²) < 4.78 is 15.6. The molecule has 2 rings (SSSR count). The number of hydrogen-bond acceptors (Lipinski definition) is 5. The largest absolute Gasteiger partial charge is 0.384 e. The molecule has 5 heteroatoms. The Morgan fingerprint density at radius 2 is 2.00 bits per heavy atom. The van der Waals surface area contributed by atoms with Crippen LogP contribution in [0.4, 0.5) is 0 Å². The predicted octanol–water partition coefficient (Wildman–Crippen LogP) is 1.45. The first-order valence-electron chi connectivity index (χ1n) is 5.64. The first-order chi connectivity index (χ1) is 8.25. The lowest BCUT2D eigenvalue weighted by Crippen LogP contribution is -2.19. The maximum Gasteiger partial charge on any atom is 0.200 e. The summed E-state index contributed by atoms with van der Waals surface area (Å²) in [6, 6.07) is 1.81. The maximum absolute atomic E-state index is 5.23. The van der Waals surface area contributed by atoms with E-state index in [0.29, 0.717) is 6.61 Å². The minimum atomic E-state index is -0.435. The Hall–Kier alpha value is -1.04. The van der Waals surface area contributed by atoms with Gasteiger partial charge in [-0.3, -0.25) is 0 Å². The van der Waals surface area contributed by atoms with E-state index in [1.807, 2.05) is 6.07 Å². The Morgan fingerprint density at radius 3 is 2.53 bits per heavy atom. The molecule has 1 aromatic rings. The van der Waals surface area contributed by atoms with E-state index in [-0.39, 0.29) is 5.41 Å². The molecule has 1 fully saturated rings. The van der Waals surface area contributed by atoms with Crippen LogP contribution in [0.25, 0.3) is 0 Å². The number of methoxy groups -OCH3 is 3. The van der Waals surface area contributed by atoms with Crippen LogP contribution in [0.5, 0.6) is 0 Å². The number of ether oxygens (including phenoxy) is 3. The van der Waals surface area contributed by atoms with Gasteiger partial charge < -0.3 is 14.2 Å². The van der Waals surface area contributed by atoms with E-state index in [9.17, 15) is 0 Å². The van der Waals surface area contributed by atoms with Crippen molar-refractivity contribution in [1.82, 2.24) is 9.97 Å². The standard InChI is InChI=1S/C12H18N2O3/c1-15-8-12(5-6-12)11-13-7-4-9(14-11)10(16-2)17-3/h4,7,10H,5-6,8H2,1-3H3. The minimum Gasteiger partial charge on any atom is -0.384 e. The van der Waals surface area contributed by atoms with Crippen molar-refractivity contribution in [2.24, 2.45) is 0 Å². The molecule has 0 spiro atoms. The van der Waals surface area contributed by atoms with Crippen LogP contribution < -0.4 is 0 Å². The third kappa shape index (κ3) is 2.46. The summed E-state index contributed by atoms with van der Waals surface area (Å²) in [6.07, 6.45) is 3.47. The average Bonchev–Trinajstić information content (AvgIpc) is 3.13. The van der Waals surface area contributed by atoms with Gasteiger partial charge in [0.1, 0.15) is 5.82 Å². The summed E-state index contributed by atoms with van der Waals surface area (Å²) in [5.41, 5.74) is 0.763. The monoisotopic (exact) mass is 238 g/mol. The second kappa shape index (κ2) is 5.08. The van der Waals surface area contributed by atoms with Gasteiger partial charge in [-0.15, -0.1) is 0 Å². The first kappa shape index (κ1) is 12.4. The fourth-order valence-corrected chi connectivity index (χ4v) is 1.96. The molecular formula is C12H18N2O3. The zero-order chi connectivity index (χ0) is 12.3. The zero-order valence-electron chi connectivity index (χ0n) is 10.5. The van der Waals surface area contributed by atoms with Crippen LogP contribution in [-0.2, 0) is 19.6 Å². The molecule has 1 heterocycles. The van der Waals surface area contributed by atoms with Gasteiger partial charge in [-0.2, -0.15) is 0 Å². The third-order valence-corrected chi connectivity index (χ3v) is 3.10. The molecule has 1 saturated carbocycles. The van der Waals surface area contributed by atoms with Gasteiger partial charge in [0, 0.05) is 27.5 Å². The molecule has 0 N–H and O–H groups in total. The number of nitrogens with zero attached hydrogens (tertiary/aromatic N) is 2. The molecule has 0 atom stereocenters. The van der Waals surface area contributed by atoms with Crippen LogP contribution in [0.15, 0.2) is 12.3 Å². The van der Waals surface area contributed by atoms with Crippen LogP contribution in [-0.4, -0.2) is 37.9 Å². The molecule has 1 aliphatic carbocycles. The van der Waals surface area contributed by atoms with Gasteiger partial charge in [-0.1, -0.05) is 0 Å². The van der Waals surface area contributed by atoms with Crippen molar-refractivity contribution in [3.8, 4) is 0 Å². The van der Waals surface area contributed by atoms with E-state index in [0.717, 1.165) is 24.4 Å². The summed E-state index contributed by atoms with van der Waals surface area (Å²) in [4.78, 5) is 8.87. The summed E-state index contributed by atoms with van der Waals surface area (Å²) in [7, 11) is 4.90. The molecular weight excluding hydrogens is 220 g/mol. The quantitative estimate of drug-likeness (QED) is 0.702. The van der Waals surface area contributed by atoms with Crippen molar-refractivity contribution in [3.05, 3.63) is 23.8 Å². The van der Waals surface area contributed by atoms with Crippen LogP contribution in [0.1, 0.15) is 30.7 Å². The van der Waals surface area contributed by atoms with E-state index in [2.05, 4.69) is 9.97 Å². The lowest BCUT2D eigenvalue weighted by Gasteiger charge is -2.16. The molecule has 0 saturated heterocycles. The Balaban J connectivity index is 2.22. The Morgan fingerprint density at radius 1 is 1.29 bits per heavy atom. The second-order valence-corrected chi connectivity index (χ2v) is 4.32. The van der Waals surface area contributed by atoms with Crippen LogP contribution in [0.2, 0.25) is 0 Å². The number of rotatable bonds is 6. The number of aromatic nitrogens is 2. The minimum absolute atomic E-state index is 0.0107. The van der Waals surface area contributed by atoms with Crippen LogP contribution >= 0.6 is 0 Å². The van der Waals surface area contributed by atoms with Gasteiger partial charge in [0.15, 0.2) is 0 Å². The van der Waals surface area contributed by atoms with Crippen LogP contribution in [0, 0.1) is 0 Å². The van der Waals surface area contributed by atoms with Crippen molar-refractivity contribution < 1.29 is 14.2 Å². The molecule has 5 nitrogen and oxygen atoms in total. The third-order valence-electron chi connectivity index (χ3n) is 3.10. The molecule has 1 aliphatic rings. The highest BCUT2D eigenvalue weighted by atomic mass is 16.7. The van der Waals surface area contributed by atoms with Gasteiger partial charge in [0.05, 0.1) is 17.7 Å². The van der Waals surface area contributed by atoms with Crippen molar-refractivity contribution in [2.75, 3.05) is 27.9 Å². The lowest BCUT2D eigenvalue weighted by atomic mass is 10.1. The smallest absolute Gasteiger partial charge is 0.200 e.